The van der Waals surface area contributed by atoms with Gasteiger partial charge in [0, 0.05) is 19.5 Å². The lowest BCUT2D eigenvalue weighted by Crippen LogP contribution is -2.53. The third-order valence-corrected chi connectivity index (χ3v) is 9.89. The molecule has 0 saturated heterocycles. The zero-order valence-corrected chi connectivity index (χ0v) is 28.3. The lowest BCUT2D eigenvalue weighted by atomic mass is 10.0. The van der Waals surface area contributed by atoms with E-state index in [1.54, 1.807) is 36.4 Å². The molecule has 0 heterocycles. The van der Waals surface area contributed by atoms with E-state index in [0.717, 1.165) is 33.8 Å². The summed E-state index contributed by atoms with van der Waals surface area (Å²) < 4.78 is 43.4. The van der Waals surface area contributed by atoms with E-state index in [9.17, 15) is 22.4 Å². The van der Waals surface area contributed by atoms with Crippen molar-refractivity contribution in [2.75, 3.05) is 17.4 Å². The molecule has 2 amide bonds. The fourth-order valence-corrected chi connectivity index (χ4v) is 6.65. The fraction of sp³-hybridized carbons (Fsp3) is 0.316. The van der Waals surface area contributed by atoms with Gasteiger partial charge in [0.15, 0.2) is 0 Å². The highest BCUT2D eigenvalue weighted by atomic mass is 32.2. The minimum absolute atomic E-state index is 0.0253. The molecule has 1 atom stereocenters. The van der Waals surface area contributed by atoms with Crippen LogP contribution in [-0.2, 0) is 32.6 Å². The van der Waals surface area contributed by atoms with E-state index in [0.29, 0.717) is 17.8 Å². The number of halogens is 1. The molecule has 9 heteroatoms. The Hall–Kier alpha value is -4.50. The Balaban J connectivity index is 1.79. The number of anilines is 1. The Morgan fingerprint density at radius 2 is 1.47 bits per heavy atom. The molecule has 0 spiro atoms. The van der Waals surface area contributed by atoms with Gasteiger partial charge in [-0.3, -0.25) is 13.9 Å². The Morgan fingerprint density at radius 3 is 2.06 bits per heavy atom. The summed E-state index contributed by atoms with van der Waals surface area (Å²) in [6.07, 6.45) is 1.85. The summed E-state index contributed by atoms with van der Waals surface area (Å²) in [5, 5.41) is 2.97. The Kier molecular flexibility index (Phi) is 12.3. The third kappa shape index (κ3) is 9.51. The molecule has 4 rings (SSSR count). The number of hydrogen-bond donors (Lipinski definition) is 1. The number of carbonyl (C=O) groups is 2. The maximum atomic E-state index is 14.5. The van der Waals surface area contributed by atoms with Crippen LogP contribution in [0.4, 0.5) is 10.1 Å². The van der Waals surface area contributed by atoms with Crippen LogP contribution in [0.3, 0.4) is 0 Å². The number of sulfonamides is 1. The zero-order chi connectivity index (χ0) is 34.0. The first kappa shape index (κ1) is 35.4. The van der Waals surface area contributed by atoms with Crippen molar-refractivity contribution < 1.29 is 22.4 Å². The fourth-order valence-electron chi connectivity index (χ4n) is 5.24. The molecule has 0 aromatic heterocycles. The molecular formula is C38H44FN3O4S. The van der Waals surface area contributed by atoms with Gasteiger partial charge >= 0.3 is 0 Å². The minimum Gasteiger partial charge on any atom is -0.354 e. The van der Waals surface area contributed by atoms with Gasteiger partial charge in [-0.15, -0.1) is 0 Å². The summed E-state index contributed by atoms with van der Waals surface area (Å²) in [7, 11) is -4.20. The average Bonchev–Trinajstić information content (AvgIpc) is 3.06. The van der Waals surface area contributed by atoms with Gasteiger partial charge in [0.05, 0.1) is 10.6 Å². The first-order valence-electron chi connectivity index (χ1n) is 16.0. The van der Waals surface area contributed by atoms with Gasteiger partial charge in [-0.2, -0.15) is 0 Å². The molecule has 0 aliphatic carbocycles. The number of nitrogens with one attached hydrogen (secondary N) is 1. The third-order valence-electron chi connectivity index (χ3n) is 8.10. The van der Waals surface area contributed by atoms with Crippen LogP contribution in [0.1, 0.15) is 61.8 Å². The summed E-state index contributed by atoms with van der Waals surface area (Å²) in [4.78, 5) is 29.8. The number of benzene rings is 4. The molecule has 0 aliphatic rings. The highest BCUT2D eigenvalue weighted by molar-refractivity contribution is 7.92. The van der Waals surface area contributed by atoms with Crippen LogP contribution in [0.15, 0.2) is 108 Å². The molecule has 7 nitrogen and oxygen atoms in total. The number of amides is 2. The standard InChI is InChI=1S/C38H44FN3O4S/c1-5-6-24-40-38(44)36(25-30-10-8-7-9-11-30)41(26-31-14-18-33(39)19-15-31)37(43)27-42(34-20-16-32(17-21-34)28(2)3)47(45,46)35-22-12-29(4)13-23-35/h7-23,28,36H,5-6,24-27H2,1-4H3,(H,40,44)/t36-/m0/s1. The first-order chi connectivity index (χ1) is 22.5. The van der Waals surface area contributed by atoms with Gasteiger partial charge in [-0.05, 0) is 72.4 Å². The predicted molar refractivity (Wildman–Crippen MR) is 185 cm³/mol. The van der Waals surface area contributed by atoms with E-state index in [1.807, 2.05) is 70.2 Å². The Morgan fingerprint density at radius 1 is 0.830 bits per heavy atom. The number of hydrogen-bond acceptors (Lipinski definition) is 4. The van der Waals surface area contributed by atoms with Crippen molar-refractivity contribution in [3.8, 4) is 0 Å². The van der Waals surface area contributed by atoms with Gasteiger partial charge in [-0.25, -0.2) is 12.8 Å². The number of unbranched alkanes of at least 4 members (excludes halogenated alkanes) is 1. The van der Waals surface area contributed by atoms with Crippen LogP contribution in [0.5, 0.6) is 0 Å². The van der Waals surface area contributed by atoms with Gasteiger partial charge in [0.2, 0.25) is 11.8 Å². The molecule has 0 radical (unpaired) electrons. The number of aryl methyl sites for hydroxylation is 1. The van der Waals surface area contributed by atoms with Crippen LogP contribution >= 0.6 is 0 Å². The molecule has 0 fully saturated rings. The molecule has 1 N–H and O–H groups in total. The van der Waals surface area contributed by atoms with Crippen molar-refractivity contribution >= 4 is 27.5 Å². The maximum Gasteiger partial charge on any atom is 0.264 e. The van der Waals surface area contributed by atoms with Crippen LogP contribution < -0.4 is 9.62 Å². The Labute approximate surface area is 278 Å². The highest BCUT2D eigenvalue weighted by Gasteiger charge is 2.34. The molecule has 0 unspecified atom stereocenters. The van der Waals surface area contributed by atoms with E-state index in [-0.39, 0.29) is 29.7 Å². The summed E-state index contributed by atoms with van der Waals surface area (Å²) in [6, 6.07) is 27.8. The van der Waals surface area contributed by atoms with E-state index in [4.69, 9.17) is 0 Å². The second-order valence-electron chi connectivity index (χ2n) is 12.1. The van der Waals surface area contributed by atoms with Crippen molar-refractivity contribution in [3.05, 3.63) is 131 Å². The Bertz CT molecular complexity index is 1710. The molecule has 248 valence electrons. The van der Waals surface area contributed by atoms with Gasteiger partial charge < -0.3 is 10.2 Å². The quantitative estimate of drug-likeness (QED) is 0.139. The summed E-state index contributed by atoms with van der Waals surface area (Å²) >= 11 is 0. The van der Waals surface area contributed by atoms with Crippen molar-refractivity contribution in [1.29, 1.82) is 0 Å². The summed E-state index contributed by atoms with van der Waals surface area (Å²) in [5.41, 5.74) is 3.70. The van der Waals surface area contributed by atoms with Crippen molar-refractivity contribution in [1.82, 2.24) is 10.2 Å². The van der Waals surface area contributed by atoms with Crippen LogP contribution in [0, 0.1) is 12.7 Å². The van der Waals surface area contributed by atoms with Gasteiger partial charge in [-0.1, -0.05) is 99.5 Å². The molecule has 47 heavy (non-hydrogen) atoms. The second kappa shape index (κ2) is 16.4. The van der Waals surface area contributed by atoms with E-state index >= 15 is 0 Å². The first-order valence-corrected chi connectivity index (χ1v) is 17.5. The number of nitrogens with zero attached hydrogens (tertiary/aromatic N) is 2. The van der Waals surface area contributed by atoms with E-state index in [2.05, 4.69) is 5.32 Å². The summed E-state index contributed by atoms with van der Waals surface area (Å²) in [5.74, 6) is -1.11. The molecule has 0 bridgehead atoms. The average molecular weight is 658 g/mol. The normalized spacial score (nSPS) is 12.0. The van der Waals surface area contributed by atoms with Crippen molar-refractivity contribution in [2.24, 2.45) is 0 Å². The highest BCUT2D eigenvalue weighted by Crippen LogP contribution is 2.27. The van der Waals surface area contributed by atoms with Crippen molar-refractivity contribution in [2.45, 2.75) is 70.4 Å². The summed E-state index contributed by atoms with van der Waals surface area (Å²) in [6.45, 7) is 7.85. The SMILES string of the molecule is CCCCNC(=O)[C@H](Cc1ccccc1)N(Cc1ccc(F)cc1)C(=O)CN(c1ccc(C(C)C)cc1)S(=O)(=O)c1ccc(C)cc1. The zero-order valence-electron chi connectivity index (χ0n) is 27.5. The topological polar surface area (TPSA) is 86.8 Å². The smallest absolute Gasteiger partial charge is 0.264 e. The van der Waals surface area contributed by atoms with Crippen molar-refractivity contribution in [3.63, 3.8) is 0 Å². The lowest BCUT2D eigenvalue weighted by molar-refractivity contribution is -0.140. The maximum absolute atomic E-state index is 14.5. The predicted octanol–water partition coefficient (Wildman–Crippen LogP) is 7.01. The van der Waals surface area contributed by atoms with Crippen LogP contribution in [0.25, 0.3) is 0 Å². The monoisotopic (exact) mass is 657 g/mol. The second-order valence-corrected chi connectivity index (χ2v) is 13.9. The van der Waals surface area contributed by atoms with Crippen LogP contribution in [-0.4, -0.2) is 44.3 Å². The molecule has 4 aromatic carbocycles. The van der Waals surface area contributed by atoms with Crippen LogP contribution in [0.2, 0.25) is 0 Å². The lowest BCUT2D eigenvalue weighted by Gasteiger charge is -2.34. The van der Waals surface area contributed by atoms with Gasteiger partial charge in [0.25, 0.3) is 10.0 Å². The number of rotatable bonds is 15. The van der Waals surface area contributed by atoms with E-state index < -0.39 is 34.3 Å². The molecule has 4 aromatic rings. The molecular weight excluding hydrogens is 614 g/mol. The number of carbonyl (C=O) groups excluding carboxylic acids is 2. The molecule has 0 aliphatic heterocycles. The van der Waals surface area contributed by atoms with E-state index in [1.165, 1.54) is 29.2 Å². The van der Waals surface area contributed by atoms with Gasteiger partial charge in [0.1, 0.15) is 18.4 Å². The minimum atomic E-state index is -4.20. The largest absolute Gasteiger partial charge is 0.354 e. The molecule has 0 saturated carbocycles.